The van der Waals surface area contributed by atoms with Gasteiger partial charge < -0.3 is 10.2 Å². The molecule has 0 amide bonds. The average Bonchev–Trinajstić information content (AvgIpc) is 2.65. The molecule has 1 N–H and O–H groups in total. The van der Waals surface area contributed by atoms with Gasteiger partial charge in [-0.1, -0.05) is 12.1 Å². The molecule has 0 aliphatic rings. The Morgan fingerprint density at radius 3 is 2.58 bits per heavy atom. The van der Waals surface area contributed by atoms with Crippen LogP contribution >= 0.6 is 11.3 Å². The first-order valence-corrected chi connectivity index (χ1v) is 7.39. The van der Waals surface area contributed by atoms with Crippen molar-refractivity contribution in [2.24, 2.45) is 0 Å². The lowest BCUT2D eigenvalue weighted by Crippen LogP contribution is -2.10. The molecule has 2 aromatic rings. The number of aryl methyl sites for hydroxylation is 2. The van der Waals surface area contributed by atoms with Crippen molar-refractivity contribution in [3.8, 4) is 0 Å². The Hall–Kier alpha value is -1.32. The topological polar surface area (TPSA) is 15.3 Å². The molecular weight excluding hydrogens is 252 g/mol. The van der Waals surface area contributed by atoms with Crippen molar-refractivity contribution in [1.29, 1.82) is 0 Å². The monoisotopic (exact) mass is 274 g/mol. The Morgan fingerprint density at radius 2 is 1.95 bits per heavy atom. The summed E-state index contributed by atoms with van der Waals surface area (Å²) in [6.45, 7) is 6.24. The highest BCUT2D eigenvalue weighted by atomic mass is 32.1. The minimum atomic E-state index is 0.904. The predicted octanol–water partition coefficient (Wildman–Crippen LogP) is 4.04. The summed E-state index contributed by atoms with van der Waals surface area (Å²) < 4.78 is 0. The number of rotatable bonds is 5. The number of nitrogens with zero attached hydrogens (tertiary/aromatic N) is 1. The molecule has 0 unspecified atom stereocenters. The molecule has 0 saturated carbocycles. The first-order valence-electron chi connectivity index (χ1n) is 6.58. The van der Waals surface area contributed by atoms with Gasteiger partial charge in [-0.15, -0.1) is 11.3 Å². The van der Waals surface area contributed by atoms with Gasteiger partial charge in [-0.25, -0.2) is 0 Å². The molecule has 1 aromatic heterocycles. The van der Waals surface area contributed by atoms with Gasteiger partial charge in [-0.3, -0.25) is 0 Å². The largest absolute Gasteiger partial charge is 0.381 e. The van der Waals surface area contributed by atoms with Gasteiger partial charge >= 0.3 is 0 Å². The molecule has 3 heteroatoms. The molecule has 0 saturated heterocycles. The second-order valence-corrected chi connectivity index (χ2v) is 6.69. The van der Waals surface area contributed by atoms with Crippen LogP contribution in [-0.4, -0.2) is 19.0 Å². The fraction of sp³-hybridized carbons (Fsp3) is 0.375. The van der Waals surface area contributed by atoms with Crippen molar-refractivity contribution in [3.63, 3.8) is 0 Å². The number of anilines is 1. The van der Waals surface area contributed by atoms with E-state index in [9.17, 15) is 0 Å². The van der Waals surface area contributed by atoms with E-state index in [0.717, 1.165) is 13.1 Å². The fourth-order valence-corrected chi connectivity index (χ4v) is 3.15. The van der Waals surface area contributed by atoms with Crippen LogP contribution in [0.15, 0.2) is 30.3 Å². The van der Waals surface area contributed by atoms with E-state index in [0.29, 0.717) is 0 Å². The minimum Gasteiger partial charge on any atom is -0.381 e. The lowest BCUT2D eigenvalue weighted by Gasteiger charge is -2.12. The van der Waals surface area contributed by atoms with E-state index in [-0.39, 0.29) is 0 Å². The highest BCUT2D eigenvalue weighted by Gasteiger charge is 2.03. The van der Waals surface area contributed by atoms with Crippen LogP contribution in [0, 0.1) is 13.8 Å². The molecule has 0 spiro atoms. The summed E-state index contributed by atoms with van der Waals surface area (Å²) in [6.07, 6.45) is 0. The molecule has 0 radical (unpaired) electrons. The van der Waals surface area contributed by atoms with Gasteiger partial charge in [0.15, 0.2) is 0 Å². The Labute approximate surface area is 120 Å². The molecule has 1 aromatic carbocycles. The van der Waals surface area contributed by atoms with E-state index in [1.165, 1.54) is 26.6 Å². The van der Waals surface area contributed by atoms with Crippen molar-refractivity contribution in [2.75, 3.05) is 19.4 Å². The summed E-state index contributed by atoms with van der Waals surface area (Å²) in [4.78, 5) is 4.98. The summed E-state index contributed by atoms with van der Waals surface area (Å²) >= 11 is 1.87. The third kappa shape index (κ3) is 4.08. The molecule has 0 bridgehead atoms. The number of hydrogen-bond acceptors (Lipinski definition) is 3. The maximum Gasteiger partial charge on any atom is 0.0411 e. The summed E-state index contributed by atoms with van der Waals surface area (Å²) in [7, 11) is 4.19. The van der Waals surface area contributed by atoms with E-state index in [4.69, 9.17) is 0 Å². The van der Waals surface area contributed by atoms with Gasteiger partial charge in [-0.2, -0.15) is 0 Å². The molecular formula is C16H22N2S. The first kappa shape index (κ1) is 14.1. The number of benzene rings is 1. The summed E-state index contributed by atoms with van der Waals surface area (Å²) in [6, 6.07) is 10.9. The molecule has 19 heavy (non-hydrogen) atoms. The van der Waals surface area contributed by atoms with Crippen LogP contribution in [0.5, 0.6) is 0 Å². The predicted molar refractivity (Wildman–Crippen MR) is 85.0 cm³/mol. The second-order valence-electron chi connectivity index (χ2n) is 5.23. The highest BCUT2D eigenvalue weighted by molar-refractivity contribution is 7.12. The molecule has 0 atom stereocenters. The van der Waals surface area contributed by atoms with Crippen LogP contribution in [0.1, 0.15) is 20.9 Å². The maximum absolute atomic E-state index is 3.52. The number of thiophene rings is 1. The SMILES string of the molecule is Cc1cc(CNc2cccc(CN(C)C)c2)c(C)s1. The van der Waals surface area contributed by atoms with Gasteiger partial charge in [0.05, 0.1) is 0 Å². The zero-order chi connectivity index (χ0) is 13.8. The van der Waals surface area contributed by atoms with E-state index in [1.807, 2.05) is 11.3 Å². The van der Waals surface area contributed by atoms with E-state index in [2.05, 4.69) is 68.5 Å². The van der Waals surface area contributed by atoms with Gasteiger partial charge in [0, 0.05) is 28.5 Å². The molecule has 102 valence electrons. The van der Waals surface area contributed by atoms with Crippen LogP contribution in [0.4, 0.5) is 5.69 Å². The highest BCUT2D eigenvalue weighted by Crippen LogP contribution is 2.22. The van der Waals surface area contributed by atoms with Gasteiger partial charge in [0.25, 0.3) is 0 Å². The van der Waals surface area contributed by atoms with Crippen LogP contribution < -0.4 is 5.32 Å². The Balaban J connectivity index is 2.01. The molecule has 0 fully saturated rings. The lowest BCUT2D eigenvalue weighted by atomic mass is 10.2. The minimum absolute atomic E-state index is 0.904. The smallest absolute Gasteiger partial charge is 0.0411 e. The first-order chi connectivity index (χ1) is 9.04. The summed E-state index contributed by atoms with van der Waals surface area (Å²) in [5.74, 6) is 0. The normalized spacial score (nSPS) is 11.0. The number of hydrogen-bond donors (Lipinski definition) is 1. The van der Waals surface area contributed by atoms with E-state index >= 15 is 0 Å². The molecule has 2 nitrogen and oxygen atoms in total. The summed E-state index contributed by atoms with van der Waals surface area (Å²) in [5.41, 5.74) is 3.94. The van der Waals surface area contributed by atoms with Crippen LogP contribution in [0.25, 0.3) is 0 Å². The van der Waals surface area contributed by atoms with Crippen LogP contribution in [0.2, 0.25) is 0 Å². The maximum atomic E-state index is 3.52. The Bertz CT molecular complexity index is 543. The quantitative estimate of drug-likeness (QED) is 0.885. The number of nitrogens with one attached hydrogen (secondary N) is 1. The Kier molecular flexibility index (Phi) is 4.61. The lowest BCUT2D eigenvalue weighted by molar-refractivity contribution is 0.402. The molecule has 0 aliphatic heterocycles. The summed E-state index contributed by atoms with van der Waals surface area (Å²) in [5, 5.41) is 3.52. The Morgan fingerprint density at radius 1 is 1.16 bits per heavy atom. The standard InChI is InChI=1S/C16H22N2S/c1-12-8-15(13(2)19-12)10-17-16-7-5-6-14(9-16)11-18(3)4/h5-9,17H,10-11H2,1-4H3. The second kappa shape index (κ2) is 6.22. The molecule has 1 heterocycles. The van der Waals surface area contributed by atoms with Crippen molar-refractivity contribution >= 4 is 17.0 Å². The zero-order valence-corrected chi connectivity index (χ0v) is 13.0. The molecule has 0 aliphatic carbocycles. The fourth-order valence-electron chi connectivity index (χ4n) is 2.20. The van der Waals surface area contributed by atoms with E-state index in [1.54, 1.807) is 0 Å². The van der Waals surface area contributed by atoms with Crippen molar-refractivity contribution < 1.29 is 0 Å². The third-order valence-corrected chi connectivity index (χ3v) is 4.06. The van der Waals surface area contributed by atoms with Crippen molar-refractivity contribution in [2.45, 2.75) is 26.9 Å². The van der Waals surface area contributed by atoms with Crippen molar-refractivity contribution in [1.82, 2.24) is 4.90 Å². The van der Waals surface area contributed by atoms with E-state index < -0.39 is 0 Å². The average molecular weight is 274 g/mol. The molecule has 2 rings (SSSR count). The van der Waals surface area contributed by atoms with Gasteiger partial charge in [0.2, 0.25) is 0 Å². The van der Waals surface area contributed by atoms with Crippen LogP contribution in [0.3, 0.4) is 0 Å². The van der Waals surface area contributed by atoms with Crippen molar-refractivity contribution in [3.05, 3.63) is 51.2 Å². The van der Waals surface area contributed by atoms with Gasteiger partial charge in [0.1, 0.15) is 0 Å². The van der Waals surface area contributed by atoms with Gasteiger partial charge in [-0.05, 0) is 57.3 Å². The van der Waals surface area contributed by atoms with Crippen LogP contribution in [-0.2, 0) is 13.1 Å². The zero-order valence-electron chi connectivity index (χ0n) is 12.2. The third-order valence-electron chi connectivity index (χ3n) is 3.05.